The Labute approximate surface area is 97.7 Å². The molecule has 1 aromatic carbocycles. The van der Waals surface area contributed by atoms with Crippen LogP contribution in [0.1, 0.15) is 18.1 Å². The molecule has 0 saturated carbocycles. The summed E-state index contributed by atoms with van der Waals surface area (Å²) in [5.41, 5.74) is 8.30. The van der Waals surface area contributed by atoms with Gasteiger partial charge in [-0.2, -0.15) is 0 Å². The number of nitrogen functional groups attached to an aromatic ring is 1. The van der Waals surface area contributed by atoms with Crippen molar-refractivity contribution in [2.24, 2.45) is 0 Å². The Hall–Kier alpha value is -1.03. The number of halogens is 1. The first-order chi connectivity index (χ1) is 7.04. The maximum Gasteiger partial charge on any atom is 0.310 e. The molecule has 0 bridgehead atoms. The van der Waals surface area contributed by atoms with Gasteiger partial charge in [0.15, 0.2) is 0 Å². The van der Waals surface area contributed by atoms with E-state index in [1.54, 1.807) is 6.92 Å². The largest absolute Gasteiger partial charge is 0.466 e. The molecule has 0 aliphatic rings. The van der Waals surface area contributed by atoms with Gasteiger partial charge >= 0.3 is 5.97 Å². The lowest BCUT2D eigenvalue weighted by Gasteiger charge is -2.09. The van der Waals surface area contributed by atoms with Crippen LogP contribution in [0.3, 0.4) is 0 Å². The summed E-state index contributed by atoms with van der Waals surface area (Å²) in [6, 6.07) is 3.78. The molecular formula is C11H14BrNO2. The third-order valence-corrected chi connectivity index (χ3v) is 2.71. The number of ether oxygens (including phenoxy) is 1. The third-order valence-electron chi connectivity index (χ3n) is 2.00. The standard InChI is InChI=1S/C11H14BrNO2/c1-3-15-11(14)6-8-9(12)4-7(2)5-10(8)13/h4-5H,3,6,13H2,1-2H3. The normalized spacial score (nSPS) is 10.1. The molecule has 0 spiro atoms. The van der Waals surface area contributed by atoms with Crippen LogP contribution in [0.2, 0.25) is 0 Å². The molecular weight excluding hydrogens is 258 g/mol. The molecule has 0 amide bonds. The van der Waals surface area contributed by atoms with E-state index >= 15 is 0 Å². The Morgan fingerprint density at radius 3 is 2.73 bits per heavy atom. The highest BCUT2D eigenvalue weighted by Gasteiger charge is 2.11. The van der Waals surface area contributed by atoms with Gasteiger partial charge in [-0.05, 0) is 31.5 Å². The fourth-order valence-electron chi connectivity index (χ4n) is 1.34. The van der Waals surface area contributed by atoms with Crippen LogP contribution in [0, 0.1) is 6.92 Å². The van der Waals surface area contributed by atoms with Crippen LogP contribution in [0.25, 0.3) is 0 Å². The van der Waals surface area contributed by atoms with Crippen molar-refractivity contribution in [1.29, 1.82) is 0 Å². The molecule has 1 rings (SSSR count). The van der Waals surface area contributed by atoms with Crippen LogP contribution < -0.4 is 5.73 Å². The second-order valence-corrected chi connectivity index (χ2v) is 4.15. The Balaban J connectivity index is 2.90. The first-order valence-electron chi connectivity index (χ1n) is 4.74. The van der Waals surface area contributed by atoms with Crippen molar-refractivity contribution in [1.82, 2.24) is 0 Å². The highest BCUT2D eigenvalue weighted by molar-refractivity contribution is 9.10. The highest BCUT2D eigenvalue weighted by atomic mass is 79.9. The van der Waals surface area contributed by atoms with E-state index in [1.807, 2.05) is 19.1 Å². The Kier molecular flexibility index (Phi) is 4.15. The van der Waals surface area contributed by atoms with Gasteiger partial charge in [-0.15, -0.1) is 0 Å². The van der Waals surface area contributed by atoms with Crippen LogP contribution in [0.15, 0.2) is 16.6 Å². The molecule has 4 heteroatoms. The number of anilines is 1. The molecule has 0 unspecified atom stereocenters. The highest BCUT2D eigenvalue weighted by Crippen LogP contribution is 2.25. The van der Waals surface area contributed by atoms with Gasteiger partial charge in [0.25, 0.3) is 0 Å². The second-order valence-electron chi connectivity index (χ2n) is 3.30. The van der Waals surface area contributed by atoms with Crippen molar-refractivity contribution < 1.29 is 9.53 Å². The van der Waals surface area contributed by atoms with Crippen LogP contribution >= 0.6 is 15.9 Å². The fraction of sp³-hybridized carbons (Fsp3) is 0.364. The summed E-state index contributed by atoms with van der Waals surface area (Å²) < 4.78 is 5.73. The molecule has 0 aliphatic carbocycles. The lowest BCUT2D eigenvalue weighted by Crippen LogP contribution is -2.10. The molecule has 0 fully saturated rings. The molecule has 2 N–H and O–H groups in total. The van der Waals surface area contributed by atoms with E-state index in [0.29, 0.717) is 12.3 Å². The Bertz CT molecular complexity index is 354. The van der Waals surface area contributed by atoms with Crippen LogP contribution in [-0.4, -0.2) is 12.6 Å². The number of benzene rings is 1. The van der Waals surface area contributed by atoms with Gasteiger partial charge in [0.05, 0.1) is 13.0 Å². The second kappa shape index (κ2) is 5.16. The zero-order valence-corrected chi connectivity index (χ0v) is 10.4. The number of esters is 1. The number of aryl methyl sites for hydroxylation is 1. The minimum Gasteiger partial charge on any atom is -0.466 e. The summed E-state index contributed by atoms with van der Waals surface area (Å²) in [7, 11) is 0. The van der Waals surface area contributed by atoms with E-state index in [9.17, 15) is 4.79 Å². The number of hydrogen-bond acceptors (Lipinski definition) is 3. The van der Waals surface area contributed by atoms with Crippen LogP contribution in [0.4, 0.5) is 5.69 Å². The molecule has 0 radical (unpaired) electrons. The summed E-state index contributed by atoms with van der Waals surface area (Å²) in [6.07, 6.45) is 0.209. The van der Waals surface area contributed by atoms with Crippen molar-refractivity contribution in [3.63, 3.8) is 0 Å². The van der Waals surface area contributed by atoms with Crippen molar-refractivity contribution in [2.75, 3.05) is 12.3 Å². The van der Waals surface area contributed by atoms with Crippen molar-refractivity contribution in [3.05, 3.63) is 27.7 Å². The predicted molar refractivity (Wildman–Crippen MR) is 63.6 cm³/mol. The van der Waals surface area contributed by atoms with E-state index in [-0.39, 0.29) is 12.4 Å². The molecule has 1 aromatic rings. The third kappa shape index (κ3) is 3.23. The van der Waals surface area contributed by atoms with Crippen LogP contribution in [-0.2, 0) is 16.0 Å². The maximum atomic E-state index is 11.3. The summed E-state index contributed by atoms with van der Waals surface area (Å²) >= 11 is 3.39. The maximum absolute atomic E-state index is 11.3. The molecule has 0 atom stereocenters. The van der Waals surface area contributed by atoms with Gasteiger partial charge in [-0.25, -0.2) is 0 Å². The van der Waals surface area contributed by atoms with E-state index < -0.39 is 0 Å². The Morgan fingerprint density at radius 1 is 1.53 bits per heavy atom. The first kappa shape index (κ1) is 12.0. The van der Waals surface area contributed by atoms with Crippen LogP contribution in [0.5, 0.6) is 0 Å². The topological polar surface area (TPSA) is 52.3 Å². The van der Waals surface area contributed by atoms with E-state index in [1.165, 1.54) is 0 Å². The minimum atomic E-state index is -0.256. The van der Waals surface area contributed by atoms with Crippen molar-refractivity contribution in [2.45, 2.75) is 20.3 Å². The SMILES string of the molecule is CCOC(=O)Cc1c(N)cc(C)cc1Br. The zero-order chi connectivity index (χ0) is 11.4. The average Bonchev–Trinajstić information content (AvgIpc) is 2.11. The number of hydrogen-bond donors (Lipinski definition) is 1. The molecule has 0 aromatic heterocycles. The monoisotopic (exact) mass is 271 g/mol. The quantitative estimate of drug-likeness (QED) is 0.679. The number of rotatable bonds is 3. The predicted octanol–water partition coefficient (Wildman–Crippen LogP) is 2.45. The summed E-state index contributed by atoms with van der Waals surface area (Å²) in [6.45, 7) is 4.13. The van der Waals surface area contributed by atoms with E-state index in [0.717, 1.165) is 15.6 Å². The van der Waals surface area contributed by atoms with Crippen molar-refractivity contribution in [3.8, 4) is 0 Å². The Morgan fingerprint density at radius 2 is 2.20 bits per heavy atom. The lowest BCUT2D eigenvalue weighted by atomic mass is 10.1. The summed E-state index contributed by atoms with van der Waals surface area (Å²) in [4.78, 5) is 11.3. The zero-order valence-electron chi connectivity index (χ0n) is 8.84. The van der Waals surface area contributed by atoms with Gasteiger partial charge in [-0.3, -0.25) is 4.79 Å². The molecule has 15 heavy (non-hydrogen) atoms. The van der Waals surface area contributed by atoms with Gasteiger partial charge in [-0.1, -0.05) is 15.9 Å². The molecule has 0 aliphatic heterocycles. The summed E-state index contributed by atoms with van der Waals surface area (Å²) in [5, 5.41) is 0. The van der Waals surface area contributed by atoms with Gasteiger partial charge in [0, 0.05) is 15.7 Å². The summed E-state index contributed by atoms with van der Waals surface area (Å²) in [5.74, 6) is -0.256. The average molecular weight is 272 g/mol. The van der Waals surface area contributed by atoms with Gasteiger partial charge in [0.2, 0.25) is 0 Å². The van der Waals surface area contributed by atoms with Crippen molar-refractivity contribution >= 4 is 27.6 Å². The molecule has 0 heterocycles. The van der Waals surface area contributed by atoms with Gasteiger partial charge in [0.1, 0.15) is 0 Å². The molecule has 0 saturated heterocycles. The molecule has 3 nitrogen and oxygen atoms in total. The smallest absolute Gasteiger partial charge is 0.310 e. The number of nitrogens with two attached hydrogens (primary N) is 1. The van der Waals surface area contributed by atoms with E-state index in [2.05, 4.69) is 15.9 Å². The number of carbonyl (C=O) groups is 1. The van der Waals surface area contributed by atoms with E-state index in [4.69, 9.17) is 10.5 Å². The fourth-order valence-corrected chi connectivity index (χ4v) is 2.07. The lowest BCUT2D eigenvalue weighted by molar-refractivity contribution is -0.142. The first-order valence-corrected chi connectivity index (χ1v) is 5.54. The van der Waals surface area contributed by atoms with Gasteiger partial charge < -0.3 is 10.5 Å². The number of carbonyl (C=O) groups excluding carboxylic acids is 1. The minimum absolute atomic E-state index is 0.209. The molecule has 82 valence electrons.